The third-order valence-electron chi connectivity index (χ3n) is 5.34. The van der Waals surface area contributed by atoms with Crippen LogP contribution in [0.15, 0.2) is 0 Å². The molecule has 0 aromatic heterocycles. The second kappa shape index (κ2) is 9.18. The Balaban J connectivity index is 1.91. The van der Waals surface area contributed by atoms with Gasteiger partial charge in [-0.05, 0) is 45.3 Å². The van der Waals surface area contributed by atoms with Crippen molar-refractivity contribution < 1.29 is 4.43 Å². The lowest BCUT2D eigenvalue weighted by Crippen LogP contribution is -2.47. The lowest BCUT2D eigenvalue weighted by atomic mass is 9.89. The Morgan fingerprint density at radius 3 is 1.85 bits per heavy atom. The van der Waals surface area contributed by atoms with Crippen molar-refractivity contribution in [1.29, 1.82) is 0 Å². The molecule has 3 nitrogen and oxygen atoms in total. The van der Waals surface area contributed by atoms with Crippen molar-refractivity contribution in [2.24, 2.45) is 0 Å². The molecule has 0 spiro atoms. The van der Waals surface area contributed by atoms with Crippen LogP contribution in [0.1, 0.15) is 64.2 Å². The minimum absolute atomic E-state index is 0.871. The molecule has 4 heteroatoms. The van der Waals surface area contributed by atoms with Gasteiger partial charge in [-0.25, -0.2) is 0 Å². The highest BCUT2D eigenvalue weighted by atomic mass is 28.3. The van der Waals surface area contributed by atoms with Crippen molar-refractivity contribution in [3.8, 4) is 0 Å². The van der Waals surface area contributed by atoms with Crippen LogP contribution in [0.2, 0.25) is 6.04 Å². The molecule has 2 rings (SSSR count). The Labute approximate surface area is 127 Å². The van der Waals surface area contributed by atoms with Crippen LogP contribution in [0.4, 0.5) is 0 Å². The number of hydrogen-bond acceptors (Lipinski definition) is 3. The zero-order valence-corrected chi connectivity index (χ0v) is 14.7. The van der Waals surface area contributed by atoms with E-state index in [9.17, 15) is 0 Å². The first-order valence-electron chi connectivity index (χ1n) is 8.81. The lowest BCUT2D eigenvalue weighted by Gasteiger charge is -2.42. The number of hydrogen-bond donors (Lipinski definition) is 1. The van der Waals surface area contributed by atoms with E-state index < -0.39 is 9.20 Å². The minimum atomic E-state index is -1.15. The maximum Gasteiger partial charge on any atom is 0.252 e. The van der Waals surface area contributed by atoms with Crippen LogP contribution in [0.3, 0.4) is 0 Å². The average Bonchev–Trinajstić information content (AvgIpc) is 2.53. The fourth-order valence-corrected chi connectivity index (χ4v) is 5.43. The molecule has 0 heterocycles. The first-order chi connectivity index (χ1) is 9.85. The van der Waals surface area contributed by atoms with Crippen molar-refractivity contribution in [3.05, 3.63) is 0 Å². The highest BCUT2D eigenvalue weighted by Crippen LogP contribution is 2.30. The topological polar surface area (TPSA) is 24.5 Å². The van der Waals surface area contributed by atoms with E-state index in [0.717, 1.165) is 12.1 Å². The third-order valence-corrected chi connectivity index (χ3v) is 7.34. The second-order valence-electron chi connectivity index (χ2n) is 6.62. The van der Waals surface area contributed by atoms with E-state index in [1.807, 2.05) is 7.11 Å². The second-order valence-corrected chi connectivity index (χ2v) is 9.23. The van der Waals surface area contributed by atoms with Crippen LogP contribution in [0.5, 0.6) is 0 Å². The Bertz CT molecular complexity index is 231. The SMILES string of the molecule is CN[SiH](CCN(C1CCCCC1)C1CCCCC1)OC. The van der Waals surface area contributed by atoms with Gasteiger partial charge in [-0.15, -0.1) is 0 Å². The smallest absolute Gasteiger partial charge is 0.252 e. The van der Waals surface area contributed by atoms with Crippen LogP contribution in [-0.2, 0) is 4.43 Å². The molecule has 2 aliphatic carbocycles. The molecular formula is C16H34N2OSi. The normalized spacial score (nSPS) is 24.1. The summed E-state index contributed by atoms with van der Waals surface area (Å²) in [6.07, 6.45) is 14.5. The van der Waals surface area contributed by atoms with Gasteiger partial charge in [0.1, 0.15) is 0 Å². The summed E-state index contributed by atoms with van der Waals surface area (Å²) in [6.45, 7) is 1.26. The van der Waals surface area contributed by atoms with Gasteiger partial charge in [0.2, 0.25) is 0 Å². The maximum absolute atomic E-state index is 5.63. The van der Waals surface area contributed by atoms with Crippen molar-refractivity contribution in [1.82, 2.24) is 9.88 Å². The van der Waals surface area contributed by atoms with Crippen LogP contribution in [-0.4, -0.2) is 46.9 Å². The van der Waals surface area contributed by atoms with Crippen molar-refractivity contribution >= 4 is 9.20 Å². The molecule has 1 N–H and O–H groups in total. The van der Waals surface area contributed by atoms with Crippen molar-refractivity contribution in [2.75, 3.05) is 20.7 Å². The quantitative estimate of drug-likeness (QED) is 0.731. The predicted molar refractivity (Wildman–Crippen MR) is 88.5 cm³/mol. The Hall–Kier alpha value is 0.0969. The van der Waals surface area contributed by atoms with Gasteiger partial charge in [-0.1, -0.05) is 38.5 Å². The molecule has 2 fully saturated rings. The molecule has 1 unspecified atom stereocenters. The van der Waals surface area contributed by atoms with Crippen LogP contribution < -0.4 is 4.98 Å². The van der Waals surface area contributed by atoms with E-state index in [0.29, 0.717) is 0 Å². The zero-order valence-electron chi connectivity index (χ0n) is 13.6. The Morgan fingerprint density at radius 1 is 0.950 bits per heavy atom. The van der Waals surface area contributed by atoms with E-state index in [-0.39, 0.29) is 0 Å². The molecule has 20 heavy (non-hydrogen) atoms. The molecular weight excluding hydrogens is 264 g/mol. The molecule has 0 radical (unpaired) electrons. The van der Waals surface area contributed by atoms with Gasteiger partial charge >= 0.3 is 0 Å². The van der Waals surface area contributed by atoms with Gasteiger partial charge < -0.3 is 9.41 Å². The van der Waals surface area contributed by atoms with Crippen molar-refractivity contribution in [2.45, 2.75) is 82.3 Å². The maximum atomic E-state index is 5.63. The molecule has 0 aromatic rings. The molecule has 0 aliphatic heterocycles. The van der Waals surface area contributed by atoms with E-state index in [1.54, 1.807) is 0 Å². The molecule has 0 aromatic carbocycles. The third kappa shape index (κ3) is 4.83. The monoisotopic (exact) mass is 298 g/mol. The van der Waals surface area contributed by atoms with Gasteiger partial charge in [-0.3, -0.25) is 4.90 Å². The fourth-order valence-electron chi connectivity index (χ4n) is 4.14. The van der Waals surface area contributed by atoms with Crippen LogP contribution >= 0.6 is 0 Å². The van der Waals surface area contributed by atoms with Gasteiger partial charge in [0.05, 0.1) is 0 Å². The predicted octanol–water partition coefficient (Wildman–Crippen LogP) is 3.04. The molecule has 2 saturated carbocycles. The largest absolute Gasteiger partial charge is 0.409 e. The summed E-state index contributed by atoms with van der Waals surface area (Å²) in [7, 11) is 2.79. The summed E-state index contributed by atoms with van der Waals surface area (Å²) < 4.78 is 5.63. The highest BCUT2D eigenvalue weighted by molar-refractivity contribution is 6.48. The van der Waals surface area contributed by atoms with Crippen LogP contribution in [0, 0.1) is 0 Å². The van der Waals surface area contributed by atoms with E-state index >= 15 is 0 Å². The fraction of sp³-hybridized carbons (Fsp3) is 1.00. The number of rotatable bonds is 7. The van der Waals surface area contributed by atoms with Gasteiger partial charge in [0.25, 0.3) is 9.20 Å². The van der Waals surface area contributed by atoms with Crippen molar-refractivity contribution in [3.63, 3.8) is 0 Å². The molecule has 118 valence electrons. The first-order valence-corrected chi connectivity index (χ1v) is 10.7. The molecule has 1 atom stereocenters. The van der Waals surface area contributed by atoms with Gasteiger partial charge in [0, 0.05) is 19.2 Å². The standard InChI is InChI=1S/C16H34N2OSi/c1-17-20(19-2)14-13-18(15-9-5-3-6-10-15)16-11-7-4-8-12-16/h15-17,20H,3-14H2,1-2H3. The summed E-state index contributed by atoms with van der Waals surface area (Å²) in [4.78, 5) is 6.30. The average molecular weight is 299 g/mol. The van der Waals surface area contributed by atoms with Gasteiger partial charge in [-0.2, -0.15) is 0 Å². The number of nitrogens with zero attached hydrogens (tertiary/aromatic N) is 1. The zero-order chi connectivity index (χ0) is 14.2. The molecule has 0 saturated heterocycles. The highest BCUT2D eigenvalue weighted by Gasteiger charge is 2.29. The Kier molecular flexibility index (Phi) is 7.56. The molecule has 0 bridgehead atoms. The van der Waals surface area contributed by atoms with E-state index in [1.165, 1.54) is 76.8 Å². The summed E-state index contributed by atoms with van der Waals surface area (Å²) >= 11 is 0. The summed E-state index contributed by atoms with van der Waals surface area (Å²) in [6, 6.07) is 2.99. The summed E-state index contributed by atoms with van der Waals surface area (Å²) in [5, 5.41) is 0. The molecule has 0 amide bonds. The Morgan fingerprint density at radius 2 is 1.45 bits per heavy atom. The van der Waals surface area contributed by atoms with E-state index in [4.69, 9.17) is 4.43 Å². The van der Waals surface area contributed by atoms with Crippen LogP contribution in [0.25, 0.3) is 0 Å². The number of nitrogens with one attached hydrogen (secondary N) is 1. The minimum Gasteiger partial charge on any atom is -0.409 e. The molecule has 2 aliphatic rings. The first kappa shape index (κ1) is 16.5. The summed E-state index contributed by atoms with van der Waals surface area (Å²) in [5.41, 5.74) is 0. The lowest BCUT2D eigenvalue weighted by molar-refractivity contribution is 0.0858. The van der Waals surface area contributed by atoms with E-state index in [2.05, 4.69) is 16.9 Å². The summed E-state index contributed by atoms with van der Waals surface area (Å²) in [5.74, 6) is 0. The van der Waals surface area contributed by atoms with Gasteiger partial charge in [0.15, 0.2) is 0 Å².